The fourth-order valence-corrected chi connectivity index (χ4v) is 10.2. The van der Waals surface area contributed by atoms with E-state index in [9.17, 15) is 0 Å². The maximum absolute atomic E-state index is 5.43. The molecule has 13 rings (SSSR count). The minimum atomic E-state index is 0.652. The zero-order chi connectivity index (χ0) is 52.0. The first kappa shape index (κ1) is 47.2. The van der Waals surface area contributed by atoms with Gasteiger partial charge in [0.1, 0.15) is 0 Å². The van der Waals surface area contributed by atoms with Crippen molar-refractivity contribution in [1.82, 2.24) is 29.9 Å². The summed E-state index contributed by atoms with van der Waals surface area (Å²) >= 11 is 0. The number of benzene rings is 8. The smallest absolute Gasteiger partial charge is 0.0895 e. The lowest BCUT2D eigenvalue weighted by atomic mass is 10.0. The van der Waals surface area contributed by atoms with Gasteiger partial charge in [-0.1, -0.05) is 194 Å². The van der Waals surface area contributed by atoms with E-state index in [0.29, 0.717) is 22.8 Å². The Hall–Kier alpha value is -10.6. The first-order valence-corrected chi connectivity index (χ1v) is 26.1. The van der Waals surface area contributed by atoms with Crippen LogP contribution >= 0.6 is 0 Å². The minimum Gasteiger partial charge on any atom is -0.248 e. The summed E-state index contributed by atoms with van der Waals surface area (Å²) in [5.74, 6) is 0. The van der Waals surface area contributed by atoms with Crippen molar-refractivity contribution in [2.75, 3.05) is 0 Å². The molecule has 0 aliphatic carbocycles. The van der Waals surface area contributed by atoms with Gasteiger partial charge in [0.05, 0.1) is 68.3 Å². The van der Waals surface area contributed by atoms with Crippen molar-refractivity contribution >= 4 is 91.7 Å². The van der Waals surface area contributed by atoms with Gasteiger partial charge in [-0.25, -0.2) is 29.9 Å². The largest absolute Gasteiger partial charge is 0.248 e. The molecule has 6 heteroatoms. The van der Waals surface area contributed by atoms with Crippen LogP contribution < -0.4 is 0 Å². The first-order valence-electron chi connectivity index (χ1n) is 26.1. The van der Waals surface area contributed by atoms with Crippen LogP contribution in [0.25, 0.3) is 137 Å². The second kappa shape index (κ2) is 21.4. The Bertz CT molecular complexity index is 3930. The van der Waals surface area contributed by atoms with Crippen molar-refractivity contribution in [3.05, 3.63) is 288 Å². The van der Waals surface area contributed by atoms with Crippen LogP contribution in [0.1, 0.15) is 45.6 Å². The molecule has 0 N–H and O–H groups in total. The number of hydrogen-bond donors (Lipinski definition) is 0. The van der Waals surface area contributed by atoms with Crippen molar-refractivity contribution in [2.24, 2.45) is 0 Å². The van der Waals surface area contributed by atoms with Crippen molar-refractivity contribution in [2.45, 2.75) is 0 Å². The highest BCUT2D eigenvalue weighted by molar-refractivity contribution is 5.99. The molecule has 0 spiro atoms. The first-order chi connectivity index (χ1) is 38.6. The average Bonchev–Trinajstić information content (AvgIpc) is 3.54. The molecule has 0 saturated carbocycles. The summed E-state index contributed by atoms with van der Waals surface area (Å²) < 4.78 is 0. The van der Waals surface area contributed by atoms with E-state index in [1.807, 2.05) is 72.9 Å². The third-order valence-electron chi connectivity index (χ3n) is 14.0. The molecule has 0 aliphatic heterocycles. The lowest BCUT2D eigenvalue weighted by molar-refractivity contribution is 1.12. The van der Waals surface area contributed by atoms with Gasteiger partial charge in [-0.2, -0.15) is 0 Å². The number of nitrogens with zero attached hydrogens (tertiary/aromatic N) is 6. The van der Waals surface area contributed by atoms with Crippen molar-refractivity contribution < 1.29 is 0 Å². The molecule has 0 aliphatic rings. The van der Waals surface area contributed by atoms with Crippen LogP contribution in [0.2, 0.25) is 0 Å². The predicted molar refractivity (Wildman–Crippen MR) is 326 cm³/mol. The van der Waals surface area contributed by atoms with Gasteiger partial charge in [-0.3, -0.25) is 0 Å². The molecule has 0 unspecified atom stereocenters. The van der Waals surface area contributed by atoms with E-state index < -0.39 is 0 Å². The topological polar surface area (TPSA) is 77.3 Å². The Morgan fingerprint density at radius 3 is 0.654 bits per heavy atom. The number of aromatic nitrogens is 6. The van der Waals surface area contributed by atoms with Crippen LogP contribution in [-0.4, -0.2) is 29.9 Å². The van der Waals surface area contributed by atoms with Gasteiger partial charge in [-0.15, -0.1) is 0 Å². The monoisotopic (exact) mass is 996 g/mol. The quantitative estimate of drug-likeness (QED) is 0.121. The molecule has 78 heavy (non-hydrogen) atoms. The second-order valence-corrected chi connectivity index (χ2v) is 19.0. The van der Waals surface area contributed by atoms with Crippen LogP contribution in [0.3, 0.4) is 0 Å². The Balaban J connectivity index is 0.936. The Labute approximate surface area is 452 Å². The third kappa shape index (κ3) is 9.93. The van der Waals surface area contributed by atoms with Gasteiger partial charge >= 0.3 is 0 Å². The van der Waals surface area contributed by atoms with Gasteiger partial charge in [-0.05, 0) is 140 Å². The number of rotatable bonds is 12. The highest BCUT2D eigenvalue weighted by atomic mass is 14.8. The molecule has 0 saturated heterocycles. The summed E-state index contributed by atoms with van der Waals surface area (Å²) in [5.41, 5.74) is 13.6. The molecule has 5 aromatic heterocycles. The molecular formula is C72H48N6. The summed E-state index contributed by atoms with van der Waals surface area (Å²) in [6, 6.07) is 83.6. The highest BCUT2D eigenvalue weighted by Gasteiger charge is 2.13. The van der Waals surface area contributed by atoms with Crippen molar-refractivity contribution in [1.29, 1.82) is 0 Å². The zero-order valence-corrected chi connectivity index (χ0v) is 42.4. The second-order valence-electron chi connectivity index (χ2n) is 19.0. The maximum atomic E-state index is 5.43. The van der Waals surface area contributed by atoms with Gasteiger partial charge < -0.3 is 0 Å². The molecule has 0 radical (unpaired) electrons. The van der Waals surface area contributed by atoms with Gasteiger partial charge in [0.15, 0.2) is 0 Å². The molecule has 0 atom stereocenters. The van der Waals surface area contributed by atoms with Crippen LogP contribution in [0.4, 0.5) is 0 Å². The molecule has 366 valence electrons. The summed E-state index contributed by atoms with van der Waals surface area (Å²) in [6.07, 6.45) is 16.0. The zero-order valence-electron chi connectivity index (χ0n) is 42.4. The van der Waals surface area contributed by atoms with Gasteiger partial charge in [0.25, 0.3) is 0 Å². The number of fused-ring (bicyclic) bond motifs is 4. The Morgan fingerprint density at radius 2 is 0.397 bits per heavy atom. The molecule has 0 amide bonds. The van der Waals surface area contributed by atoms with E-state index in [1.165, 1.54) is 21.5 Å². The molecule has 0 bridgehead atoms. The SMILES string of the molecule is C(=Cc1nc(C=Cc2cccc(-c3cccc4ccccc34)n2)c(C=Cc2cccc(-c3cccc4ccccc34)n2)nc1C=Cc1cccc(-c2cccc3ccccc23)n1)c1cccc(-c2cccc3ccccc23)n1. The summed E-state index contributed by atoms with van der Waals surface area (Å²) in [6.45, 7) is 0. The van der Waals surface area contributed by atoms with E-state index in [0.717, 1.165) is 89.4 Å². The van der Waals surface area contributed by atoms with Crippen LogP contribution in [0.15, 0.2) is 243 Å². The Morgan fingerprint density at radius 1 is 0.179 bits per heavy atom. The lowest BCUT2D eigenvalue weighted by Crippen LogP contribution is -2.00. The van der Waals surface area contributed by atoms with E-state index in [4.69, 9.17) is 29.9 Å². The van der Waals surface area contributed by atoms with Gasteiger partial charge in [0.2, 0.25) is 0 Å². The predicted octanol–water partition coefficient (Wildman–Crippen LogP) is 18.0. The number of hydrogen-bond acceptors (Lipinski definition) is 6. The van der Waals surface area contributed by atoms with Crippen LogP contribution in [0.5, 0.6) is 0 Å². The van der Waals surface area contributed by atoms with E-state index in [1.54, 1.807) is 0 Å². The van der Waals surface area contributed by atoms with E-state index in [-0.39, 0.29) is 0 Å². The highest BCUT2D eigenvalue weighted by Crippen LogP contribution is 2.32. The van der Waals surface area contributed by atoms with Crippen LogP contribution in [0, 0.1) is 0 Å². The molecule has 13 aromatic rings. The minimum absolute atomic E-state index is 0.652. The number of pyridine rings is 4. The van der Waals surface area contributed by atoms with Crippen molar-refractivity contribution in [3.8, 4) is 45.0 Å². The summed E-state index contributed by atoms with van der Waals surface area (Å²) in [4.78, 5) is 31.5. The average molecular weight is 997 g/mol. The summed E-state index contributed by atoms with van der Waals surface area (Å²) in [5, 5.41) is 9.27. The molecule has 5 heterocycles. The van der Waals surface area contributed by atoms with Crippen LogP contribution in [-0.2, 0) is 0 Å². The Kier molecular flexibility index (Phi) is 12.9. The third-order valence-corrected chi connectivity index (χ3v) is 14.0. The van der Waals surface area contributed by atoms with Gasteiger partial charge in [0, 0.05) is 22.3 Å². The molecule has 8 aromatic carbocycles. The fourth-order valence-electron chi connectivity index (χ4n) is 10.2. The molecule has 6 nitrogen and oxygen atoms in total. The van der Waals surface area contributed by atoms with E-state index in [2.05, 4.69) is 218 Å². The standard InChI is InChI=1S/C72H48N6/c1-5-29-57-49(17-1)21-9-33-61(57)65-37-13-25-53(73-65)41-45-69-70(46-42-54-26-14-38-66(74-54)62-34-10-22-50-18-2-6-30-58(50)62)78-72(48-44-56-28-16-40-68(76-56)64-36-12-24-52-20-4-8-32-60(52)64)71(77-69)47-43-55-27-15-39-67(75-55)63-35-11-23-51-19-3-7-31-59(51)63/h1-48H. The summed E-state index contributed by atoms with van der Waals surface area (Å²) in [7, 11) is 0. The fraction of sp³-hybridized carbons (Fsp3) is 0. The molecular weight excluding hydrogens is 949 g/mol. The van der Waals surface area contributed by atoms with Crippen molar-refractivity contribution in [3.63, 3.8) is 0 Å². The van der Waals surface area contributed by atoms with E-state index >= 15 is 0 Å². The normalized spacial score (nSPS) is 11.9. The lowest BCUT2D eigenvalue weighted by Gasteiger charge is -2.09. The molecule has 0 fully saturated rings. The maximum Gasteiger partial charge on any atom is 0.0895 e.